The lowest BCUT2D eigenvalue weighted by Gasteiger charge is -2.15. The minimum Gasteiger partial charge on any atom is -0.361 e. The molecule has 6 nitrogen and oxygen atoms in total. The normalized spacial score (nSPS) is 10.7. The van der Waals surface area contributed by atoms with Gasteiger partial charge < -0.3 is 15.9 Å². The van der Waals surface area contributed by atoms with Gasteiger partial charge in [-0.15, -0.1) is 0 Å². The number of rotatable bonds is 1. The second-order valence-electron chi connectivity index (χ2n) is 1.84. The highest BCUT2D eigenvalue weighted by molar-refractivity contribution is 6.34. The highest BCUT2D eigenvalue weighted by Crippen LogP contribution is 1.87. The third-order valence-corrected chi connectivity index (χ3v) is 0.574. The van der Waals surface area contributed by atoms with Crippen LogP contribution in [0.2, 0.25) is 0 Å². The third-order valence-electron chi connectivity index (χ3n) is 0.574. The second-order valence-corrected chi connectivity index (χ2v) is 1.84. The molecule has 58 valence electrons. The van der Waals surface area contributed by atoms with E-state index in [1.807, 2.05) is 0 Å². The van der Waals surface area contributed by atoms with Crippen molar-refractivity contribution in [2.24, 2.45) is 5.73 Å². The Hall–Kier alpha value is -1.14. The van der Waals surface area contributed by atoms with Crippen molar-refractivity contribution >= 4 is 11.8 Å². The third kappa shape index (κ3) is 3.81. The van der Waals surface area contributed by atoms with Crippen molar-refractivity contribution in [3.05, 3.63) is 0 Å². The van der Waals surface area contributed by atoms with Crippen molar-refractivity contribution in [3.8, 4) is 0 Å². The van der Waals surface area contributed by atoms with Crippen molar-refractivity contribution in [3.63, 3.8) is 0 Å². The molecule has 0 aliphatic carbocycles. The van der Waals surface area contributed by atoms with Crippen LogP contribution in [0.4, 0.5) is 0 Å². The first kappa shape index (κ1) is 8.86. The summed E-state index contributed by atoms with van der Waals surface area (Å²) in [5.74, 6) is -4.91. The van der Waals surface area contributed by atoms with Gasteiger partial charge in [-0.05, 0) is 0 Å². The summed E-state index contributed by atoms with van der Waals surface area (Å²) in [6.45, 7) is 0.883. The number of hydrogen-bond acceptors (Lipinski definition) is 4. The Morgan fingerprint density at radius 3 is 2.00 bits per heavy atom. The van der Waals surface area contributed by atoms with E-state index in [0.717, 1.165) is 6.92 Å². The molecule has 0 aliphatic heterocycles. The lowest BCUT2D eigenvalue weighted by Crippen LogP contribution is -2.50. The Balaban J connectivity index is 3.93. The summed E-state index contributed by atoms with van der Waals surface area (Å²) >= 11 is 0. The quantitative estimate of drug-likeness (QED) is 0.238. The van der Waals surface area contributed by atoms with Crippen LogP contribution in [-0.2, 0) is 9.59 Å². The molecule has 0 radical (unpaired) electrons. The molecule has 0 aromatic rings. The van der Waals surface area contributed by atoms with E-state index in [1.54, 1.807) is 0 Å². The number of carbonyl (C=O) groups excluding carboxylic acids is 2. The number of carbonyl (C=O) groups is 2. The number of amides is 2. The van der Waals surface area contributed by atoms with Gasteiger partial charge in [0.2, 0.25) is 5.91 Å². The van der Waals surface area contributed by atoms with Gasteiger partial charge >= 0.3 is 11.8 Å². The van der Waals surface area contributed by atoms with Crippen LogP contribution in [0.5, 0.6) is 0 Å². The predicted octanol–water partition coefficient (Wildman–Crippen LogP) is -2.75. The largest absolute Gasteiger partial charge is 0.361 e. The van der Waals surface area contributed by atoms with Gasteiger partial charge in [0.15, 0.2) is 0 Å². The summed E-state index contributed by atoms with van der Waals surface area (Å²) in [4.78, 5) is 20.2. The maximum Gasteiger partial charge on any atom is 0.313 e. The number of primary amides is 1. The van der Waals surface area contributed by atoms with Gasteiger partial charge in [-0.1, -0.05) is 0 Å². The molecule has 0 aromatic heterocycles. The van der Waals surface area contributed by atoms with E-state index in [0.29, 0.717) is 0 Å². The molecule has 0 atom stereocenters. The van der Waals surface area contributed by atoms with E-state index in [4.69, 9.17) is 10.2 Å². The van der Waals surface area contributed by atoms with Crippen LogP contribution in [-0.4, -0.2) is 27.9 Å². The second kappa shape index (κ2) is 2.63. The zero-order valence-corrected chi connectivity index (χ0v) is 5.29. The molecule has 0 bridgehead atoms. The van der Waals surface area contributed by atoms with Crippen LogP contribution >= 0.6 is 0 Å². The molecule has 0 aromatic carbocycles. The van der Waals surface area contributed by atoms with Gasteiger partial charge in [0.05, 0.1) is 0 Å². The van der Waals surface area contributed by atoms with Crippen molar-refractivity contribution in [2.75, 3.05) is 0 Å². The van der Waals surface area contributed by atoms with Crippen LogP contribution in [0.1, 0.15) is 6.92 Å². The average Bonchev–Trinajstić information content (AvgIpc) is 1.60. The number of nitrogens with one attached hydrogen (secondary N) is 1. The fraction of sp³-hybridized carbons (Fsp3) is 0.500. The molecule has 0 heterocycles. The summed E-state index contributed by atoms with van der Waals surface area (Å²) in [7, 11) is 0. The molecule has 2 amide bonds. The Kier molecular flexibility index (Phi) is 2.33. The van der Waals surface area contributed by atoms with Crippen LogP contribution in [0.25, 0.3) is 0 Å². The molecule has 6 heteroatoms. The zero-order chi connectivity index (χ0) is 8.36. The maximum absolute atomic E-state index is 10.3. The Bertz CT molecular complexity index is 159. The topological polar surface area (TPSA) is 113 Å². The zero-order valence-electron chi connectivity index (χ0n) is 5.29. The van der Waals surface area contributed by atoms with Gasteiger partial charge in [0.25, 0.3) is 0 Å². The van der Waals surface area contributed by atoms with Crippen LogP contribution in [0.3, 0.4) is 0 Å². The van der Waals surface area contributed by atoms with Gasteiger partial charge in [0.1, 0.15) is 0 Å². The molecule has 0 saturated carbocycles. The Labute approximate surface area is 56.6 Å². The van der Waals surface area contributed by atoms with Crippen molar-refractivity contribution in [2.45, 2.75) is 12.8 Å². The van der Waals surface area contributed by atoms with Crippen molar-refractivity contribution in [1.29, 1.82) is 0 Å². The smallest absolute Gasteiger partial charge is 0.313 e. The highest BCUT2D eigenvalue weighted by Gasteiger charge is 2.20. The number of nitrogens with two attached hydrogens (primary N) is 1. The standard InChI is InChI=1S/C4H8N2O4/c1-4(9,10)6-3(8)2(5)7/h9-10H,1H3,(H2,5,7)(H,6,8). The Morgan fingerprint density at radius 2 is 1.90 bits per heavy atom. The molecule has 10 heavy (non-hydrogen) atoms. The van der Waals surface area contributed by atoms with E-state index in [-0.39, 0.29) is 0 Å². The van der Waals surface area contributed by atoms with Gasteiger partial charge in [-0.2, -0.15) is 0 Å². The monoisotopic (exact) mass is 148 g/mol. The number of aliphatic hydroxyl groups is 2. The molecular weight excluding hydrogens is 140 g/mol. The highest BCUT2D eigenvalue weighted by atomic mass is 16.5. The van der Waals surface area contributed by atoms with E-state index < -0.39 is 17.7 Å². The first-order chi connectivity index (χ1) is 4.33. The summed E-state index contributed by atoms with van der Waals surface area (Å²) < 4.78 is 0. The molecule has 5 N–H and O–H groups in total. The molecule has 0 unspecified atom stereocenters. The maximum atomic E-state index is 10.3. The molecule has 0 saturated heterocycles. The molecule has 0 aliphatic rings. The molecular formula is C4H8N2O4. The molecule has 0 rings (SSSR count). The van der Waals surface area contributed by atoms with Crippen molar-refractivity contribution < 1.29 is 19.8 Å². The SMILES string of the molecule is CC(O)(O)NC(=O)C(N)=O. The minimum absolute atomic E-state index is 0.883. The molecule has 0 spiro atoms. The summed E-state index contributed by atoms with van der Waals surface area (Å²) in [6.07, 6.45) is 0. The van der Waals surface area contributed by atoms with Crippen LogP contribution < -0.4 is 11.1 Å². The van der Waals surface area contributed by atoms with Gasteiger partial charge in [-0.3, -0.25) is 14.9 Å². The fourth-order valence-corrected chi connectivity index (χ4v) is 0.277. The molecule has 0 fully saturated rings. The lowest BCUT2D eigenvalue weighted by atomic mass is 10.5. The first-order valence-electron chi connectivity index (χ1n) is 2.39. The summed E-state index contributed by atoms with van der Waals surface area (Å²) in [5.41, 5.74) is 4.47. The van der Waals surface area contributed by atoms with Crippen molar-refractivity contribution in [1.82, 2.24) is 5.32 Å². The van der Waals surface area contributed by atoms with E-state index >= 15 is 0 Å². The van der Waals surface area contributed by atoms with Gasteiger partial charge in [-0.25, -0.2) is 0 Å². The Morgan fingerprint density at radius 1 is 1.50 bits per heavy atom. The van der Waals surface area contributed by atoms with E-state index in [9.17, 15) is 9.59 Å². The summed E-state index contributed by atoms with van der Waals surface area (Å²) in [5, 5.41) is 18.4. The number of hydrogen-bond donors (Lipinski definition) is 4. The van der Waals surface area contributed by atoms with Crippen LogP contribution in [0, 0.1) is 0 Å². The fourth-order valence-electron chi connectivity index (χ4n) is 0.277. The van der Waals surface area contributed by atoms with Gasteiger partial charge in [0, 0.05) is 6.92 Å². The van der Waals surface area contributed by atoms with Crippen LogP contribution in [0.15, 0.2) is 0 Å². The summed E-state index contributed by atoms with van der Waals surface area (Å²) in [6, 6.07) is 0. The predicted molar refractivity (Wildman–Crippen MR) is 30.2 cm³/mol. The first-order valence-corrected chi connectivity index (χ1v) is 2.39. The minimum atomic E-state index is -2.40. The lowest BCUT2D eigenvalue weighted by molar-refractivity contribution is -0.179. The van der Waals surface area contributed by atoms with E-state index in [1.165, 1.54) is 5.32 Å². The van der Waals surface area contributed by atoms with E-state index in [2.05, 4.69) is 5.73 Å². The average molecular weight is 148 g/mol.